The molecule has 3 heterocycles. The molecule has 2 aliphatic rings. The van der Waals surface area contributed by atoms with Gasteiger partial charge in [0.2, 0.25) is 0 Å². The Kier molecular flexibility index (Phi) is 2.73. The van der Waals surface area contributed by atoms with Crippen LogP contribution >= 0.6 is 0 Å². The molecule has 1 aromatic heterocycles. The number of aliphatic hydroxyl groups is 2. The van der Waals surface area contributed by atoms with Gasteiger partial charge in [0.15, 0.2) is 0 Å². The number of rotatable bonds is 2. The molecule has 1 fully saturated rings. The highest BCUT2D eigenvalue weighted by Gasteiger charge is 2.40. The number of hydrogen-bond acceptors (Lipinski definition) is 4. The van der Waals surface area contributed by atoms with Gasteiger partial charge < -0.3 is 19.9 Å². The van der Waals surface area contributed by atoms with E-state index < -0.39 is 18.4 Å². The summed E-state index contributed by atoms with van der Waals surface area (Å²) >= 11 is 0. The van der Waals surface area contributed by atoms with Crippen LogP contribution in [-0.4, -0.2) is 51.2 Å². The minimum absolute atomic E-state index is 0.247. The molecule has 7 heteroatoms. The van der Waals surface area contributed by atoms with Crippen LogP contribution in [0.4, 0.5) is 10.6 Å². The largest absolute Gasteiger partial charge is 0.394 e. The SMILES string of the molecule is O=C1Nc2[nH]ccc2CN1[C@H]1C[C@H](O)[C@@H](CO)O1. The average Bonchev–Trinajstić information content (AvgIpc) is 2.93. The summed E-state index contributed by atoms with van der Waals surface area (Å²) in [7, 11) is 0. The minimum atomic E-state index is -0.736. The second-order valence-electron chi connectivity index (χ2n) is 4.55. The lowest BCUT2D eigenvalue weighted by Crippen LogP contribution is -2.45. The molecular weight excluding hydrogens is 238 g/mol. The Morgan fingerprint density at radius 1 is 1.56 bits per heavy atom. The molecule has 3 atom stereocenters. The third kappa shape index (κ3) is 1.76. The van der Waals surface area contributed by atoms with E-state index in [-0.39, 0.29) is 12.6 Å². The summed E-state index contributed by atoms with van der Waals surface area (Å²) in [5.74, 6) is 0.702. The highest BCUT2D eigenvalue weighted by Crippen LogP contribution is 2.29. The Balaban J connectivity index is 1.76. The Hall–Kier alpha value is -1.57. The van der Waals surface area contributed by atoms with Gasteiger partial charge in [0.05, 0.1) is 19.3 Å². The molecule has 1 aromatic rings. The molecule has 2 aliphatic heterocycles. The maximum Gasteiger partial charge on any atom is 0.325 e. The number of H-pyrrole nitrogens is 1. The van der Waals surface area contributed by atoms with Crippen LogP contribution in [0.25, 0.3) is 0 Å². The first-order valence-corrected chi connectivity index (χ1v) is 5.87. The maximum atomic E-state index is 11.9. The molecule has 3 rings (SSSR count). The van der Waals surface area contributed by atoms with Gasteiger partial charge in [-0.1, -0.05) is 0 Å². The molecule has 1 saturated heterocycles. The molecule has 0 spiro atoms. The first kappa shape index (κ1) is 11.5. The molecule has 0 aromatic carbocycles. The van der Waals surface area contributed by atoms with E-state index in [0.29, 0.717) is 18.8 Å². The average molecular weight is 253 g/mol. The molecule has 0 bridgehead atoms. The third-order valence-corrected chi connectivity index (χ3v) is 3.40. The van der Waals surface area contributed by atoms with Gasteiger partial charge in [-0.3, -0.25) is 10.2 Å². The molecule has 98 valence electrons. The van der Waals surface area contributed by atoms with Gasteiger partial charge >= 0.3 is 6.03 Å². The van der Waals surface area contributed by atoms with E-state index in [1.54, 1.807) is 6.20 Å². The number of fused-ring (bicyclic) bond motifs is 1. The van der Waals surface area contributed by atoms with Crippen LogP contribution in [0.5, 0.6) is 0 Å². The third-order valence-electron chi connectivity index (χ3n) is 3.40. The zero-order valence-corrected chi connectivity index (χ0v) is 9.67. The van der Waals surface area contributed by atoms with Crippen molar-refractivity contribution in [2.45, 2.75) is 31.4 Å². The van der Waals surface area contributed by atoms with Crippen molar-refractivity contribution in [3.8, 4) is 0 Å². The molecule has 0 radical (unpaired) electrons. The van der Waals surface area contributed by atoms with Gasteiger partial charge in [-0.15, -0.1) is 0 Å². The number of hydrogen-bond donors (Lipinski definition) is 4. The predicted molar refractivity (Wildman–Crippen MR) is 61.7 cm³/mol. The lowest BCUT2D eigenvalue weighted by atomic mass is 10.1. The van der Waals surface area contributed by atoms with Crippen LogP contribution in [0, 0.1) is 0 Å². The number of ether oxygens (including phenoxy) is 1. The Labute approximate surface area is 103 Å². The molecule has 7 nitrogen and oxygen atoms in total. The van der Waals surface area contributed by atoms with Crippen molar-refractivity contribution in [2.75, 3.05) is 11.9 Å². The molecule has 0 saturated carbocycles. The number of aromatic nitrogens is 1. The zero-order chi connectivity index (χ0) is 12.7. The number of amides is 2. The number of nitrogens with one attached hydrogen (secondary N) is 2. The smallest absolute Gasteiger partial charge is 0.325 e. The monoisotopic (exact) mass is 253 g/mol. The quantitative estimate of drug-likeness (QED) is 0.588. The van der Waals surface area contributed by atoms with Crippen LogP contribution in [-0.2, 0) is 11.3 Å². The predicted octanol–water partition coefficient (Wildman–Crippen LogP) is -0.170. The van der Waals surface area contributed by atoms with Crippen molar-refractivity contribution in [3.05, 3.63) is 17.8 Å². The maximum absolute atomic E-state index is 11.9. The summed E-state index contributed by atoms with van der Waals surface area (Å²) in [4.78, 5) is 16.4. The van der Waals surface area contributed by atoms with Crippen molar-refractivity contribution < 1.29 is 19.7 Å². The van der Waals surface area contributed by atoms with Gasteiger partial charge in [0.1, 0.15) is 18.1 Å². The van der Waals surface area contributed by atoms with E-state index in [0.717, 1.165) is 5.56 Å². The lowest BCUT2D eigenvalue weighted by Gasteiger charge is -2.32. The zero-order valence-electron chi connectivity index (χ0n) is 9.67. The molecule has 18 heavy (non-hydrogen) atoms. The van der Waals surface area contributed by atoms with Crippen molar-refractivity contribution in [2.24, 2.45) is 0 Å². The van der Waals surface area contributed by atoms with Crippen LogP contribution in [0.1, 0.15) is 12.0 Å². The van der Waals surface area contributed by atoms with Crippen LogP contribution in [0.3, 0.4) is 0 Å². The summed E-state index contributed by atoms with van der Waals surface area (Å²) < 4.78 is 5.48. The van der Waals surface area contributed by atoms with Crippen molar-refractivity contribution >= 4 is 11.8 Å². The van der Waals surface area contributed by atoms with Gasteiger partial charge in [0, 0.05) is 18.2 Å². The Morgan fingerprint density at radius 3 is 3.11 bits per heavy atom. The molecule has 2 amide bonds. The number of aromatic amines is 1. The fourth-order valence-electron chi connectivity index (χ4n) is 2.39. The van der Waals surface area contributed by atoms with Crippen LogP contribution < -0.4 is 5.32 Å². The molecule has 0 aliphatic carbocycles. The fraction of sp³-hybridized carbons (Fsp3) is 0.545. The van der Waals surface area contributed by atoms with Crippen LogP contribution in [0.2, 0.25) is 0 Å². The fourth-order valence-corrected chi connectivity index (χ4v) is 2.39. The van der Waals surface area contributed by atoms with Crippen molar-refractivity contribution in [1.29, 1.82) is 0 Å². The number of carbonyl (C=O) groups excluding carboxylic acids is 1. The second-order valence-corrected chi connectivity index (χ2v) is 4.55. The summed E-state index contributed by atoms with van der Waals surface area (Å²) in [6.07, 6.45) is 0.226. The highest BCUT2D eigenvalue weighted by atomic mass is 16.5. The minimum Gasteiger partial charge on any atom is -0.394 e. The molecular formula is C11H15N3O4. The van der Waals surface area contributed by atoms with E-state index in [4.69, 9.17) is 9.84 Å². The van der Waals surface area contributed by atoms with Crippen molar-refractivity contribution in [1.82, 2.24) is 9.88 Å². The van der Waals surface area contributed by atoms with Gasteiger partial charge in [-0.2, -0.15) is 0 Å². The van der Waals surface area contributed by atoms with E-state index in [2.05, 4.69) is 10.3 Å². The Bertz CT molecular complexity index is 461. The van der Waals surface area contributed by atoms with E-state index >= 15 is 0 Å². The van der Waals surface area contributed by atoms with Gasteiger partial charge in [-0.25, -0.2) is 4.79 Å². The summed E-state index contributed by atoms with van der Waals surface area (Å²) in [5.41, 5.74) is 0.972. The topological polar surface area (TPSA) is 97.8 Å². The normalized spacial score (nSPS) is 31.3. The number of carbonyl (C=O) groups is 1. The van der Waals surface area contributed by atoms with E-state index in [9.17, 15) is 9.90 Å². The number of nitrogens with zero attached hydrogens (tertiary/aromatic N) is 1. The van der Waals surface area contributed by atoms with E-state index in [1.165, 1.54) is 4.90 Å². The Morgan fingerprint density at radius 2 is 2.39 bits per heavy atom. The van der Waals surface area contributed by atoms with Crippen LogP contribution in [0.15, 0.2) is 12.3 Å². The number of anilines is 1. The summed E-state index contributed by atoms with van der Waals surface area (Å²) in [6, 6.07) is 1.62. The molecule has 4 N–H and O–H groups in total. The first-order chi connectivity index (χ1) is 8.69. The van der Waals surface area contributed by atoms with Gasteiger partial charge in [0.25, 0.3) is 0 Å². The first-order valence-electron chi connectivity index (χ1n) is 5.87. The highest BCUT2D eigenvalue weighted by molar-refractivity contribution is 5.91. The van der Waals surface area contributed by atoms with E-state index in [1.807, 2.05) is 6.07 Å². The van der Waals surface area contributed by atoms with Gasteiger partial charge in [-0.05, 0) is 6.07 Å². The number of aliphatic hydroxyl groups excluding tert-OH is 2. The summed E-state index contributed by atoms with van der Waals surface area (Å²) in [6.45, 7) is 0.183. The summed E-state index contributed by atoms with van der Waals surface area (Å²) in [5, 5.41) is 21.4. The number of urea groups is 1. The standard InChI is InChI=1S/C11H15N3O4/c15-5-8-7(16)3-9(18-8)14-4-6-1-2-12-10(6)13-11(14)17/h1-2,7-9,12,15-16H,3-5H2,(H,13,17)/t7-,8+,9+/m0/s1. The van der Waals surface area contributed by atoms with Crippen molar-refractivity contribution in [3.63, 3.8) is 0 Å². The second kappa shape index (κ2) is 4.27. The molecule has 0 unspecified atom stereocenters. The lowest BCUT2D eigenvalue weighted by molar-refractivity contribution is -0.0653.